The summed E-state index contributed by atoms with van der Waals surface area (Å²) in [6.45, 7) is 4.19. The highest BCUT2D eigenvalue weighted by atomic mass is 19.2. The second kappa shape index (κ2) is 15.1. The Labute approximate surface area is 257 Å². The van der Waals surface area contributed by atoms with Crippen LogP contribution in [0.5, 0.6) is 0 Å². The van der Waals surface area contributed by atoms with Gasteiger partial charge in [-0.2, -0.15) is 0 Å². The molecule has 0 nitrogen and oxygen atoms in total. The summed E-state index contributed by atoms with van der Waals surface area (Å²) >= 11 is 0. The molecule has 0 saturated heterocycles. The van der Waals surface area contributed by atoms with Crippen molar-refractivity contribution < 1.29 is 13.2 Å². The van der Waals surface area contributed by atoms with Gasteiger partial charge < -0.3 is 0 Å². The molecule has 3 aromatic rings. The summed E-state index contributed by atoms with van der Waals surface area (Å²) in [7, 11) is 0. The molecule has 0 heterocycles. The first-order valence-corrected chi connectivity index (χ1v) is 16.7. The van der Waals surface area contributed by atoms with Crippen LogP contribution in [0.15, 0.2) is 72.8 Å². The van der Waals surface area contributed by atoms with Crippen LogP contribution in [0.4, 0.5) is 13.2 Å². The lowest BCUT2D eigenvalue weighted by atomic mass is 9.70. The Morgan fingerprint density at radius 3 is 2.09 bits per heavy atom. The van der Waals surface area contributed by atoms with E-state index in [1.165, 1.54) is 50.5 Å². The zero-order valence-corrected chi connectivity index (χ0v) is 26.0. The molecule has 2 aliphatic rings. The molecular weight excluding hydrogens is 537 g/mol. The van der Waals surface area contributed by atoms with Crippen molar-refractivity contribution in [2.24, 2.45) is 17.8 Å². The van der Waals surface area contributed by atoms with Crippen LogP contribution in [-0.4, -0.2) is 0 Å². The Bertz CT molecular complexity index is 1410. The fourth-order valence-electron chi connectivity index (χ4n) is 7.34. The van der Waals surface area contributed by atoms with E-state index in [-0.39, 0.29) is 11.4 Å². The van der Waals surface area contributed by atoms with Crippen LogP contribution >= 0.6 is 0 Å². The quantitative estimate of drug-likeness (QED) is 0.155. The molecule has 228 valence electrons. The summed E-state index contributed by atoms with van der Waals surface area (Å²) in [4.78, 5) is 0. The van der Waals surface area contributed by atoms with Gasteiger partial charge in [0.2, 0.25) is 0 Å². The van der Waals surface area contributed by atoms with Crippen molar-refractivity contribution in [1.82, 2.24) is 0 Å². The number of halogens is 3. The Morgan fingerprint density at radius 1 is 0.744 bits per heavy atom. The van der Waals surface area contributed by atoms with E-state index in [0.29, 0.717) is 23.1 Å². The topological polar surface area (TPSA) is 0 Å². The smallest absolute Gasteiger partial charge is 0.166 e. The molecule has 1 fully saturated rings. The van der Waals surface area contributed by atoms with Gasteiger partial charge in [-0.25, -0.2) is 13.2 Å². The molecule has 5 rings (SSSR count). The van der Waals surface area contributed by atoms with Gasteiger partial charge in [-0.15, -0.1) is 0 Å². The maximum absolute atomic E-state index is 15.4. The van der Waals surface area contributed by atoms with Gasteiger partial charge in [-0.1, -0.05) is 99.4 Å². The molecule has 0 spiro atoms. The molecule has 43 heavy (non-hydrogen) atoms. The lowest BCUT2D eigenvalue weighted by molar-refractivity contribution is 0.190. The predicted molar refractivity (Wildman–Crippen MR) is 175 cm³/mol. The van der Waals surface area contributed by atoms with E-state index in [4.69, 9.17) is 0 Å². The fourth-order valence-corrected chi connectivity index (χ4v) is 7.34. The maximum atomic E-state index is 15.4. The van der Waals surface area contributed by atoms with E-state index in [1.54, 1.807) is 42.5 Å². The summed E-state index contributed by atoms with van der Waals surface area (Å²) in [6.07, 6.45) is 21.6. The molecule has 0 radical (unpaired) electrons. The minimum absolute atomic E-state index is 0.235. The zero-order chi connectivity index (χ0) is 30.2. The van der Waals surface area contributed by atoms with Gasteiger partial charge >= 0.3 is 0 Å². The van der Waals surface area contributed by atoms with Crippen LogP contribution in [0.25, 0.3) is 27.8 Å². The maximum Gasteiger partial charge on any atom is 0.166 e. The van der Waals surface area contributed by atoms with Crippen molar-refractivity contribution in [2.45, 2.75) is 97.3 Å². The first-order valence-electron chi connectivity index (χ1n) is 16.7. The summed E-state index contributed by atoms with van der Waals surface area (Å²) in [5, 5.41) is 0. The molecule has 0 aromatic heterocycles. The Morgan fingerprint density at radius 2 is 1.44 bits per heavy atom. The van der Waals surface area contributed by atoms with Crippen molar-refractivity contribution >= 4 is 5.57 Å². The predicted octanol–water partition coefficient (Wildman–Crippen LogP) is 12.5. The normalized spacial score (nSPS) is 20.9. The van der Waals surface area contributed by atoms with Gasteiger partial charge in [0.25, 0.3) is 0 Å². The molecule has 2 aliphatic carbocycles. The SMILES string of the molecule is CC=CCCC1CCC(C2CC=C(c3ccc(-c4ccc(-c5ccc(CCCCC)c(F)c5F)cc4)c(F)c3)CC2)CC1. The number of aryl methyl sites for hydroxylation is 1. The fraction of sp³-hybridized carbons (Fsp3) is 0.450. The lowest BCUT2D eigenvalue weighted by Crippen LogP contribution is -2.23. The molecule has 3 heteroatoms. The van der Waals surface area contributed by atoms with Crippen molar-refractivity contribution in [3.63, 3.8) is 0 Å². The van der Waals surface area contributed by atoms with Crippen LogP contribution in [-0.2, 0) is 6.42 Å². The van der Waals surface area contributed by atoms with Crippen LogP contribution in [0.1, 0.15) is 102 Å². The van der Waals surface area contributed by atoms with Gasteiger partial charge in [0.1, 0.15) is 5.82 Å². The number of unbranched alkanes of at least 4 members (excludes halogenated alkanes) is 2. The first-order chi connectivity index (χ1) is 21.0. The van der Waals surface area contributed by atoms with Crippen molar-refractivity contribution in [3.8, 4) is 22.3 Å². The number of allylic oxidation sites excluding steroid dienone is 4. The monoisotopic (exact) mass is 584 g/mol. The zero-order valence-electron chi connectivity index (χ0n) is 26.0. The number of rotatable bonds is 11. The summed E-state index contributed by atoms with van der Waals surface area (Å²) in [6, 6.07) is 16.0. The average Bonchev–Trinajstić information content (AvgIpc) is 3.04. The van der Waals surface area contributed by atoms with Crippen molar-refractivity contribution in [2.75, 3.05) is 0 Å². The molecule has 1 unspecified atom stereocenters. The number of benzene rings is 3. The van der Waals surface area contributed by atoms with Crippen LogP contribution in [0.2, 0.25) is 0 Å². The number of hydrogen-bond donors (Lipinski definition) is 0. The van der Waals surface area contributed by atoms with Gasteiger partial charge in [0.05, 0.1) is 0 Å². The minimum Gasteiger partial charge on any atom is -0.206 e. The highest BCUT2D eigenvalue weighted by Crippen LogP contribution is 2.42. The first kappa shape index (κ1) is 31.4. The van der Waals surface area contributed by atoms with E-state index in [1.807, 2.05) is 12.1 Å². The standard InChI is InChI=1S/C40H47F3/c1-3-5-7-9-28-11-13-29(14-12-28)30-15-17-31(18-16-30)35-24-25-36(38(41)27-35)32-19-21-33(22-20-32)37-26-23-34(10-8-6-4-2)39(42)40(37)43/h3,5,17,19-30H,4,6-16,18H2,1-2H3. The Hall–Kier alpha value is -3.07. The van der Waals surface area contributed by atoms with Gasteiger partial charge in [0.15, 0.2) is 11.6 Å². The van der Waals surface area contributed by atoms with E-state index < -0.39 is 11.6 Å². The second-order valence-electron chi connectivity index (χ2n) is 12.8. The number of hydrogen-bond acceptors (Lipinski definition) is 0. The molecular formula is C40H47F3. The Balaban J connectivity index is 1.20. The summed E-state index contributed by atoms with van der Waals surface area (Å²) < 4.78 is 45.0. The highest BCUT2D eigenvalue weighted by Gasteiger charge is 2.28. The summed E-state index contributed by atoms with van der Waals surface area (Å²) in [5.74, 6) is 0.678. The molecule has 1 saturated carbocycles. The minimum atomic E-state index is -0.812. The largest absolute Gasteiger partial charge is 0.206 e. The highest BCUT2D eigenvalue weighted by molar-refractivity contribution is 5.74. The molecule has 0 amide bonds. The second-order valence-corrected chi connectivity index (χ2v) is 12.8. The summed E-state index contributed by atoms with van der Waals surface area (Å²) in [5.41, 5.74) is 4.72. The molecule has 1 atom stereocenters. The van der Waals surface area contributed by atoms with Crippen molar-refractivity contribution in [3.05, 3.63) is 101 Å². The Kier molecular flexibility index (Phi) is 11.0. The molecule has 0 aliphatic heterocycles. The average molecular weight is 585 g/mol. The van der Waals surface area contributed by atoms with E-state index in [0.717, 1.165) is 61.0 Å². The van der Waals surface area contributed by atoms with Crippen LogP contribution < -0.4 is 0 Å². The third kappa shape index (κ3) is 7.72. The molecule has 0 N–H and O–H groups in total. The lowest BCUT2D eigenvalue weighted by Gasteiger charge is -2.35. The van der Waals surface area contributed by atoms with Gasteiger partial charge in [-0.05, 0) is 116 Å². The van der Waals surface area contributed by atoms with E-state index >= 15 is 4.39 Å². The third-order valence-corrected chi connectivity index (χ3v) is 10.0. The van der Waals surface area contributed by atoms with Crippen molar-refractivity contribution in [1.29, 1.82) is 0 Å². The van der Waals surface area contributed by atoms with E-state index in [2.05, 4.69) is 32.1 Å². The molecule has 3 aromatic carbocycles. The van der Waals surface area contributed by atoms with E-state index in [9.17, 15) is 8.78 Å². The van der Waals surface area contributed by atoms with Crippen LogP contribution in [0.3, 0.4) is 0 Å². The third-order valence-electron chi connectivity index (χ3n) is 10.0. The molecule has 0 bridgehead atoms. The van der Waals surface area contributed by atoms with Crippen LogP contribution in [0, 0.1) is 35.2 Å². The van der Waals surface area contributed by atoms with Gasteiger partial charge in [0, 0.05) is 11.1 Å². The van der Waals surface area contributed by atoms with Gasteiger partial charge in [-0.3, -0.25) is 0 Å².